The Morgan fingerprint density at radius 1 is 1.53 bits per heavy atom. The predicted octanol–water partition coefficient (Wildman–Crippen LogP) is 1.67. The second-order valence-corrected chi connectivity index (χ2v) is 3.62. The lowest BCUT2D eigenvalue weighted by Gasteiger charge is -2.26. The minimum absolute atomic E-state index is 0.512. The van der Waals surface area contributed by atoms with Crippen molar-refractivity contribution >= 4 is 17.3 Å². The summed E-state index contributed by atoms with van der Waals surface area (Å²) in [5.74, 6) is -1.74. The molecule has 0 saturated carbocycles. The first kappa shape index (κ1) is 12.0. The quantitative estimate of drug-likeness (QED) is 0.800. The molecule has 7 heteroatoms. The van der Waals surface area contributed by atoms with E-state index in [2.05, 4.69) is 4.74 Å². The van der Waals surface area contributed by atoms with Gasteiger partial charge in [-0.2, -0.15) is 13.2 Å². The zero-order valence-electron chi connectivity index (χ0n) is 7.54. The summed E-state index contributed by atoms with van der Waals surface area (Å²) >= 11 is 0.630. The normalized spacial score (nSPS) is 15.8. The highest BCUT2D eigenvalue weighted by atomic mass is 32.1. The van der Waals surface area contributed by atoms with Crippen LogP contribution in [0.15, 0.2) is 17.5 Å². The van der Waals surface area contributed by atoms with E-state index in [1.807, 2.05) is 0 Å². The first-order valence-corrected chi connectivity index (χ1v) is 4.63. The fraction of sp³-hybridized carbons (Fsp3) is 0.375. The van der Waals surface area contributed by atoms with E-state index in [0.29, 0.717) is 11.3 Å². The molecule has 0 aromatic carbocycles. The summed E-state index contributed by atoms with van der Waals surface area (Å²) in [6, 6.07) is 2.33. The van der Waals surface area contributed by atoms with Crippen LogP contribution in [0.3, 0.4) is 0 Å². The van der Waals surface area contributed by atoms with E-state index in [4.69, 9.17) is 0 Å². The van der Waals surface area contributed by atoms with Crippen molar-refractivity contribution in [3.63, 3.8) is 0 Å². The number of esters is 1. The number of alkyl halides is 3. The molecule has 0 amide bonds. The minimum Gasteiger partial charge on any atom is -0.466 e. The smallest absolute Gasteiger partial charge is 0.433 e. The van der Waals surface area contributed by atoms with Crippen LogP contribution in [-0.4, -0.2) is 24.4 Å². The fourth-order valence-electron chi connectivity index (χ4n) is 0.988. The van der Waals surface area contributed by atoms with Gasteiger partial charge in [-0.25, -0.2) is 4.79 Å². The zero-order chi connectivity index (χ0) is 11.7. The average Bonchev–Trinajstić information content (AvgIpc) is 2.66. The Morgan fingerprint density at radius 2 is 2.13 bits per heavy atom. The number of carbonyl (C=O) groups is 1. The molecule has 1 N–H and O–H groups in total. The van der Waals surface area contributed by atoms with Gasteiger partial charge in [0.05, 0.1) is 12.0 Å². The average molecular weight is 240 g/mol. The van der Waals surface area contributed by atoms with Gasteiger partial charge in [-0.3, -0.25) is 0 Å². The van der Waals surface area contributed by atoms with E-state index in [0.717, 1.165) is 13.2 Å². The molecular weight excluding hydrogens is 233 g/mol. The van der Waals surface area contributed by atoms with Crippen molar-refractivity contribution in [3.8, 4) is 0 Å². The summed E-state index contributed by atoms with van der Waals surface area (Å²) in [6.45, 7) is 0. The molecule has 0 saturated heterocycles. The van der Waals surface area contributed by atoms with E-state index in [1.165, 1.54) is 11.4 Å². The third kappa shape index (κ3) is 1.84. The molecule has 1 rings (SSSR count). The number of methoxy groups -OCH3 is 1. The Kier molecular flexibility index (Phi) is 3.05. The van der Waals surface area contributed by atoms with Gasteiger partial charge in [0, 0.05) is 0 Å². The van der Waals surface area contributed by atoms with Gasteiger partial charge in [-0.05, 0) is 11.4 Å². The number of halogens is 3. The number of carbonyl (C=O) groups excluding carboxylic acids is 1. The van der Waals surface area contributed by atoms with Gasteiger partial charge in [0.2, 0.25) is 0 Å². The molecule has 84 valence electrons. The molecule has 0 fully saturated rings. The van der Waals surface area contributed by atoms with E-state index in [-0.39, 0.29) is 0 Å². The van der Waals surface area contributed by atoms with Crippen molar-refractivity contribution in [2.75, 3.05) is 7.11 Å². The van der Waals surface area contributed by atoms with Crippen LogP contribution in [-0.2, 0) is 15.1 Å². The van der Waals surface area contributed by atoms with Gasteiger partial charge in [-0.1, -0.05) is 6.07 Å². The molecule has 0 aliphatic rings. The predicted molar refractivity (Wildman–Crippen MR) is 46.3 cm³/mol. The molecule has 3 nitrogen and oxygen atoms in total. The highest BCUT2D eigenvalue weighted by molar-refractivity contribution is 7.10. The summed E-state index contributed by atoms with van der Waals surface area (Å²) < 4.78 is 41.6. The van der Waals surface area contributed by atoms with Crippen molar-refractivity contribution in [3.05, 3.63) is 22.4 Å². The van der Waals surface area contributed by atoms with Crippen LogP contribution in [0, 0.1) is 0 Å². The first-order valence-electron chi connectivity index (χ1n) is 3.75. The number of thiophene rings is 1. The molecule has 1 heterocycles. The summed E-state index contributed by atoms with van der Waals surface area (Å²) in [7, 11) is 0.784. The topological polar surface area (TPSA) is 46.5 Å². The lowest BCUT2D eigenvalue weighted by molar-refractivity contribution is -0.265. The Hall–Kier alpha value is -1.08. The summed E-state index contributed by atoms with van der Waals surface area (Å²) in [6.07, 6.45) is -5.11. The van der Waals surface area contributed by atoms with Crippen LogP contribution in [0.2, 0.25) is 0 Å². The van der Waals surface area contributed by atoms with E-state index < -0.39 is 22.6 Å². The zero-order valence-corrected chi connectivity index (χ0v) is 8.35. The molecule has 0 aliphatic carbocycles. The van der Waals surface area contributed by atoms with E-state index >= 15 is 0 Å². The first-order chi connectivity index (χ1) is 6.84. The van der Waals surface area contributed by atoms with Crippen LogP contribution >= 0.6 is 11.3 Å². The summed E-state index contributed by atoms with van der Waals surface area (Å²) in [5.41, 5.74) is -3.57. The maximum atomic E-state index is 12.6. The maximum Gasteiger partial charge on any atom is 0.433 e. The number of hydrogen-bond donors (Lipinski definition) is 1. The van der Waals surface area contributed by atoms with Crippen LogP contribution < -0.4 is 0 Å². The Morgan fingerprint density at radius 3 is 2.47 bits per heavy atom. The van der Waals surface area contributed by atoms with Crippen molar-refractivity contribution < 1.29 is 27.8 Å². The maximum absolute atomic E-state index is 12.6. The lowest BCUT2D eigenvalue weighted by atomic mass is 10.0. The van der Waals surface area contributed by atoms with E-state index in [9.17, 15) is 23.1 Å². The van der Waals surface area contributed by atoms with Crippen molar-refractivity contribution in [2.45, 2.75) is 11.8 Å². The SMILES string of the molecule is COC(=O)C(O)(c1cccs1)C(F)(F)F. The molecule has 1 aromatic rings. The van der Waals surface area contributed by atoms with Gasteiger partial charge in [0.1, 0.15) is 0 Å². The number of hydrogen-bond acceptors (Lipinski definition) is 4. The van der Waals surface area contributed by atoms with E-state index in [1.54, 1.807) is 0 Å². The fourth-order valence-corrected chi connectivity index (χ4v) is 1.82. The number of ether oxygens (including phenoxy) is 1. The van der Waals surface area contributed by atoms with Crippen LogP contribution in [0.5, 0.6) is 0 Å². The molecule has 15 heavy (non-hydrogen) atoms. The molecule has 1 atom stereocenters. The highest BCUT2D eigenvalue weighted by Crippen LogP contribution is 2.41. The van der Waals surface area contributed by atoms with Gasteiger partial charge in [0.25, 0.3) is 5.60 Å². The highest BCUT2D eigenvalue weighted by Gasteiger charge is 2.62. The lowest BCUT2D eigenvalue weighted by Crippen LogP contribution is -2.49. The minimum atomic E-state index is -5.11. The Labute approximate surface area is 87.1 Å². The van der Waals surface area contributed by atoms with Crippen molar-refractivity contribution in [2.24, 2.45) is 0 Å². The molecule has 1 aromatic heterocycles. The van der Waals surface area contributed by atoms with Crippen molar-refractivity contribution in [1.82, 2.24) is 0 Å². The van der Waals surface area contributed by atoms with Crippen molar-refractivity contribution in [1.29, 1.82) is 0 Å². The molecule has 0 spiro atoms. The molecule has 0 radical (unpaired) electrons. The monoisotopic (exact) mass is 240 g/mol. The summed E-state index contributed by atoms with van der Waals surface area (Å²) in [4.78, 5) is 10.5. The Balaban J connectivity index is 3.26. The number of aliphatic hydroxyl groups is 1. The van der Waals surface area contributed by atoms with Crippen LogP contribution in [0.1, 0.15) is 4.88 Å². The molecular formula is C8H7F3O3S. The third-order valence-electron chi connectivity index (χ3n) is 1.77. The standard InChI is InChI=1S/C8H7F3O3S/c1-14-6(12)7(13,8(9,10)11)5-3-2-4-15-5/h2-4,13H,1H3. The second kappa shape index (κ2) is 3.82. The third-order valence-corrected chi connectivity index (χ3v) is 2.75. The molecule has 1 unspecified atom stereocenters. The second-order valence-electron chi connectivity index (χ2n) is 2.68. The molecule has 0 aliphatic heterocycles. The number of rotatable bonds is 2. The van der Waals surface area contributed by atoms with Crippen LogP contribution in [0.4, 0.5) is 13.2 Å². The summed E-state index contributed by atoms with van der Waals surface area (Å²) in [5, 5.41) is 10.7. The van der Waals surface area contributed by atoms with Crippen LogP contribution in [0.25, 0.3) is 0 Å². The Bertz CT molecular complexity index is 347. The molecule has 0 bridgehead atoms. The largest absolute Gasteiger partial charge is 0.466 e. The van der Waals surface area contributed by atoms with Gasteiger partial charge in [-0.15, -0.1) is 11.3 Å². The van der Waals surface area contributed by atoms with Gasteiger partial charge < -0.3 is 9.84 Å². The van der Waals surface area contributed by atoms with Gasteiger partial charge in [0.15, 0.2) is 0 Å². The van der Waals surface area contributed by atoms with Gasteiger partial charge >= 0.3 is 12.1 Å².